The zero-order valence-corrected chi connectivity index (χ0v) is 11.6. The van der Waals surface area contributed by atoms with E-state index >= 15 is 0 Å². The van der Waals surface area contributed by atoms with Gasteiger partial charge in [0.15, 0.2) is 0 Å². The minimum absolute atomic E-state index is 0.405. The lowest BCUT2D eigenvalue weighted by Crippen LogP contribution is -2.42. The van der Waals surface area contributed by atoms with E-state index < -0.39 is 0 Å². The van der Waals surface area contributed by atoms with Crippen molar-refractivity contribution in [2.24, 2.45) is 0 Å². The molecule has 98 valence electrons. The first-order chi connectivity index (χ1) is 8.56. The summed E-state index contributed by atoms with van der Waals surface area (Å²) in [6.07, 6.45) is 7.82. The fourth-order valence-electron chi connectivity index (χ4n) is 1.67. The molecule has 0 aliphatic heterocycles. The van der Waals surface area contributed by atoms with Crippen molar-refractivity contribution in [3.8, 4) is 0 Å². The van der Waals surface area contributed by atoms with Crippen LogP contribution in [0.4, 0.5) is 0 Å². The molecular weight excluding hydrogens is 228 g/mol. The predicted octanol–water partition coefficient (Wildman–Crippen LogP) is 0.517. The van der Waals surface area contributed by atoms with Gasteiger partial charge in [0.2, 0.25) is 12.7 Å². The average molecular weight is 250 g/mol. The molecule has 6 nitrogen and oxygen atoms in total. The van der Waals surface area contributed by atoms with E-state index in [2.05, 4.69) is 47.0 Å². The summed E-state index contributed by atoms with van der Waals surface area (Å²) in [4.78, 5) is 0. The summed E-state index contributed by atoms with van der Waals surface area (Å²) in [5.74, 6) is 0. The van der Waals surface area contributed by atoms with Gasteiger partial charge in [-0.05, 0) is 27.7 Å². The van der Waals surface area contributed by atoms with Crippen LogP contribution in [0, 0.1) is 0 Å². The lowest BCUT2D eigenvalue weighted by Gasteiger charge is -1.96. The van der Waals surface area contributed by atoms with Crippen molar-refractivity contribution < 1.29 is 9.13 Å². The molecule has 0 radical (unpaired) electrons. The molecule has 0 aliphatic carbocycles. The highest BCUT2D eigenvalue weighted by Crippen LogP contribution is 1.97. The molecule has 2 rings (SSSR count). The van der Waals surface area contributed by atoms with E-state index in [1.807, 2.05) is 34.7 Å². The van der Waals surface area contributed by atoms with E-state index in [4.69, 9.17) is 0 Å². The molecular formula is C12H22N6+2. The lowest BCUT2D eigenvalue weighted by molar-refractivity contribution is -0.779. The van der Waals surface area contributed by atoms with E-state index in [1.165, 1.54) is 0 Å². The SMILES string of the molecule is CC(C)n1c[n+](CC[n+]2cnn(C(C)C)c2)cn1. The number of aromatic nitrogens is 6. The quantitative estimate of drug-likeness (QED) is 0.726. The molecule has 18 heavy (non-hydrogen) atoms. The van der Waals surface area contributed by atoms with Crippen molar-refractivity contribution in [1.29, 1.82) is 0 Å². The van der Waals surface area contributed by atoms with E-state index in [0.717, 1.165) is 13.1 Å². The fourth-order valence-corrected chi connectivity index (χ4v) is 1.67. The monoisotopic (exact) mass is 250 g/mol. The molecule has 0 saturated carbocycles. The van der Waals surface area contributed by atoms with Crippen molar-refractivity contribution in [2.75, 3.05) is 0 Å². The van der Waals surface area contributed by atoms with Crippen molar-refractivity contribution >= 4 is 0 Å². The second-order valence-electron chi connectivity index (χ2n) is 5.12. The number of nitrogens with zero attached hydrogens (tertiary/aromatic N) is 6. The first-order valence-corrected chi connectivity index (χ1v) is 6.42. The number of rotatable bonds is 5. The molecule has 0 amide bonds. The number of aryl methyl sites for hydroxylation is 2. The molecule has 6 heteroatoms. The van der Waals surface area contributed by atoms with Crippen LogP contribution in [0.15, 0.2) is 25.3 Å². The second-order valence-corrected chi connectivity index (χ2v) is 5.12. The van der Waals surface area contributed by atoms with Gasteiger partial charge < -0.3 is 0 Å². The first kappa shape index (κ1) is 12.7. The van der Waals surface area contributed by atoms with Gasteiger partial charge in [0, 0.05) is 10.2 Å². The van der Waals surface area contributed by atoms with Gasteiger partial charge >= 0.3 is 0 Å². The van der Waals surface area contributed by atoms with Crippen LogP contribution in [0.2, 0.25) is 0 Å². The van der Waals surface area contributed by atoms with Gasteiger partial charge in [-0.3, -0.25) is 0 Å². The van der Waals surface area contributed by atoms with Crippen LogP contribution in [0.1, 0.15) is 39.8 Å². The highest BCUT2D eigenvalue weighted by molar-refractivity contribution is 4.53. The minimum Gasteiger partial charge on any atom is -0.234 e. The first-order valence-electron chi connectivity index (χ1n) is 6.42. The van der Waals surface area contributed by atoms with Gasteiger partial charge in [-0.25, -0.2) is 9.13 Å². The normalized spacial score (nSPS) is 11.7. The predicted molar refractivity (Wildman–Crippen MR) is 65.6 cm³/mol. The fraction of sp³-hybridized carbons (Fsp3) is 0.667. The van der Waals surface area contributed by atoms with Crippen LogP contribution in [0.25, 0.3) is 0 Å². The zero-order valence-electron chi connectivity index (χ0n) is 11.6. The van der Waals surface area contributed by atoms with E-state index in [-0.39, 0.29) is 0 Å². The van der Waals surface area contributed by atoms with Gasteiger partial charge in [0.05, 0.1) is 0 Å². The Hall–Kier alpha value is -1.72. The van der Waals surface area contributed by atoms with Crippen LogP contribution >= 0.6 is 0 Å². The van der Waals surface area contributed by atoms with Crippen LogP contribution in [-0.4, -0.2) is 19.6 Å². The maximum Gasteiger partial charge on any atom is 0.265 e. The van der Waals surface area contributed by atoms with Crippen LogP contribution < -0.4 is 9.13 Å². The summed E-state index contributed by atoms with van der Waals surface area (Å²) in [6, 6.07) is 0.810. The smallest absolute Gasteiger partial charge is 0.234 e. The van der Waals surface area contributed by atoms with Gasteiger partial charge in [-0.1, -0.05) is 0 Å². The third-order valence-corrected chi connectivity index (χ3v) is 2.87. The summed E-state index contributed by atoms with van der Waals surface area (Å²) in [6.45, 7) is 10.3. The number of hydrogen-bond acceptors (Lipinski definition) is 2. The molecule has 0 N–H and O–H groups in total. The Bertz CT molecular complexity index is 450. The summed E-state index contributed by atoms with van der Waals surface area (Å²) >= 11 is 0. The van der Waals surface area contributed by atoms with Crippen molar-refractivity contribution in [2.45, 2.75) is 52.9 Å². The molecule has 0 unspecified atom stereocenters. The number of hydrogen-bond donors (Lipinski definition) is 0. The molecule has 2 aromatic rings. The zero-order chi connectivity index (χ0) is 13.1. The molecule has 0 aliphatic rings. The van der Waals surface area contributed by atoms with Crippen molar-refractivity contribution in [1.82, 2.24) is 19.6 Å². The molecule has 0 fully saturated rings. The topological polar surface area (TPSA) is 43.4 Å². The molecule has 2 aromatic heterocycles. The maximum atomic E-state index is 4.31. The van der Waals surface area contributed by atoms with Gasteiger partial charge in [-0.2, -0.15) is 0 Å². The van der Waals surface area contributed by atoms with Crippen molar-refractivity contribution in [3.63, 3.8) is 0 Å². The molecule has 0 saturated heterocycles. The molecule has 0 spiro atoms. The third kappa shape index (κ3) is 2.94. The largest absolute Gasteiger partial charge is 0.265 e. The Morgan fingerprint density at radius 2 is 1.22 bits per heavy atom. The van der Waals surface area contributed by atoms with E-state index in [1.54, 1.807) is 0 Å². The maximum absolute atomic E-state index is 4.31. The van der Waals surface area contributed by atoms with Crippen molar-refractivity contribution in [3.05, 3.63) is 25.3 Å². The molecule has 0 bridgehead atoms. The Labute approximate surface area is 107 Å². The van der Waals surface area contributed by atoms with Crippen LogP contribution in [0.5, 0.6) is 0 Å². The second kappa shape index (κ2) is 5.29. The summed E-state index contributed by atoms with van der Waals surface area (Å²) in [5, 5.41) is 8.62. The Morgan fingerprint density at radius 1 is 0.833 bits per heavy atom. The Morgan fingerprint density at radius 3 is 1.50 bits per heavy atom. The van der Waals surface area contributed by atoms with Crippen LogP contribution in [0.3, 0.4) is 0 Å². The Kier molecular flexibility index (Phi) is 3.74. The van der Waals surface area contributed by atoms with Crippen LogP contribution in [-0.2, 0) is 13.1 Å². The third-order valence-electron chi connectivity index (χ3n) is 2.87. The lowest BCUT2D eigenvalue weighted by atomic mass is 10.4. The average Bonchev–Trinajstić information content (AvgIpc) is 2.95. The highest BCUT2D eigenvalue weighted by atomic mass is 15.4. The summed E-state index contributed by atoms with van der Waals surface area (Å²) in [5.41, 5.74) is 0. The van der Waals surface area contributed by atoms with E-state index in [9.17, 15) is 0 Å². The Balaban J connectivity index is 1.93. The summed E-state index contributed by atoms with van der Waals surface area (Å²) < 4.78 is 8.11. The summed E-state index contributed by atoms with van der Waals surface area (Å²) in [7, 11) is 0. The van der Waals surface area contributed by atoms with Gasteiger partial charge in [0.25, 0.3) is 12.7 Å². The highest BCUT2D eigenvalue weighted by Gasteiger charge is 2.12. The van der Waals surface area contributed by atoms with E-state index in [0.29, 0.717) is 12.1 Å². The molecule has 2 heterocycles. The standard InChI is InChI=1S/C12H22N6/c1-11(2)17-9-15(7-13-17)5-6-16-8-14-18(10-16)12(3)4/h7-12H,5-6H2,1-4H3/q+2. The molecule has 0 aromatic carbocycles. The molecule has 0 atom stereocenters. The van der Waals surface area contributed by atoms with Gasteiger partial charge in [0.1, 0.15) is 25.2 Å². The minimum atomic E-state index is 0.405. The van der Waals surface area contributed by atoms with Gasteiger partial charge in [-0.15, -0.1) is 9.36 Å².